The Hall–Kier alpha value is -2.12. The van der Waals surface area contributed by atoms with E-state index >= 15 is 0 Å². The summed E-state index contributed by atoms with van der Waals surface area (Å²) < 4.78 is 5.04. The van der Waals surface area contributed by atoms with Gasteiger partial charge < -0.3 is 25.4 Å². The highest BCUT2D eigenvalue weighted by molar-refractivity contribution is 5.94. The van der Waals surface area contributed by atoms with E-state index in [1.54, 1.807) is 7.11 Å². The molecule has 7 heteroatoms. The number of aliphatic hydroxyl groups is 1. The third kappa shape index (κ3) is 5.74. The lowest BCUT2D eigenvalue weighted by Gasteiger charge is -2.50. The molecule has 2 fully saturated rings. The number of anilines is 1. The Balaban J connectivity index is 1.82. The van der Waals surface area contributed by atoms with Gasteiger partial charge >= 0.3 is 0 Å². The molecular formula is C27H43N3O4. The van der Waals surface area contributed by atoms with Crippen molar-refractivity contribution in [1.29, 1.82) is 0 Å². The number of rotatable bonds is 9. The summed E-state index contributed by atoms with van der Waals surface area (Å²) in [5.41, 5.74) is 0.700. The van der Waals surface area contributed by atoms with E-state index < -0.39 is 5.60 Å². The number of ether oxygens (including phenoxy) is 1. The lowest BCUT2D eigenvalue weighted by molar-refractivity contribution is -0.123. The van der Waals surface area contributed by atoms with Crippen molar-refractivity contribution in [1.82, 2.24) is 10.6 Å². The van der Waals surface area contributed by atoms with E-state index in [9.17, 15) is 14.7 Å². The molecule has 2 saturated carbocycles. The van der Waals surface area contributed by atoms with E-state index in [-0.39, 0.29) is 34.6 Å². The summed E-state index contributed by atoms with van der Waals surface area (Å²) in [4.78, 5) is 27.9. The molecule has 0 bridgehead atoms. The predicted molar refractivity (Wildman–Crippen MR) is 135 cm³/mol. The van der Waals surface area contributed by atoms with Crippen LogP contribution < -0.4 is 15.5 Å². The molecule has 3 N–H and O–H groups in total. The van der Waals surface area contributed by atoms with Gasteiger partial charge in [-0.15, -0.1) is 0 Å². The molecule has 4 unspecified atom stereocenters. The van der Waals surface area contributed by atoms with Gasteiger partial charge in [0.1, 0.15) is 0 Å². The second-order valence-electron chi connectivity index (χ2n) is 11.5. The van der Waals surface area contributed by atoms with Crippen LogP contribution in [0.3, 0.4) is 0 Å². The summed E-state index contributed by atoms with van der Waals surface area (Å²) in [7, 11) is 5.57. The van der Waals surface area contributed by atoms with Crippen LogP contribution in [0.5, 0.6) is 0 Å². The number of amides is 2. The lowest BCUT2D eigenvalue weighted by atomic mass is 9.57. The zero-order valence-corrected chi connectivity index (χ0v) is 21.7. The molecule has 0 saturated heterocycles. The summed E-state index contributed by atoms with van der Waals surface area (Å²) >= 11 is 0. The second-order valence-corrected chi connectivity index (χ2v) is 11.5. The Morgan fingerprint density at radius 1 is 1.12 bits per heavy atom. The van der Waals surface area contributed by atoms with Crippen molar-refractivity contribution < 1.29 is 19.4 Å². The molecule has 0 heterocycles. The minimum atomic E-state index is -0.715. The maximum Gasteiger partial charge on any atom is 0.251 e. The highest BCUT2D eigenvalue weighted by Crippen LogP contribution is 2.63. The standard InChI is InChI=1S/C27H43N3O4/c1-25(2)18-22(29-24(32)19-7-9-20(10-8-19)30(4)5)27(12-11-23(31)28-15-16-34-6)14-13-26(3,33)17-21(25)27/h7-10,21-22,33H,11-18H2,1-6H3,(H,28,31)(H,29,32). The lowest BCUT2D eigenvalue weighted by Crippen LogP contribution is -2.52. The molecule has 0 aliphatic heterocycles. The molecule has 0 aromatic heterocycles. The Labute approximate surface area is 204 Å². The van der Waals surface area contributed by atoms with Crippen molar-refractivity contribution in [2.24, 2.45) is 16.7 Å². The van der Waals surface area contributed by atoms with E-state index in [2.05, 4.69) is 24.5 Å². The third-order valence-electron chi connectivity index (χ3n) is 8.23. The first kappa shape index (κ1) is 26.5. The Morgan fingerprint density at radius 2 is 1.79 bits per heavy atom. The first-order chi connectivity index (χ1) is 15.9. The average molecular weight is 474 g/mol. The number of hydrogen-bond acceptors (Lipinski definition) is 5. The van der Waals surface area contributed by atoms with Crippen LogP contribution >= 0.6 is 0 Å². The van der Waals surface area contributed by atoms with Crippen LogP contribution in [0.2, 0.25) is 0 Å². The van der Waals surface area contributed by atoms with E-state index in [0.717, 1.165) is 18.5 Å². The number of carbonyl (C=O) groups excluding carboxylic acids is 2. The molecule has 2 aliphatic carbocycles. The Morgan fingerprint density at radius 3 is 2.41 bits per heavy atom. The minimum Gasteiger partial charge on any atom is -0.390 e. The van der Waals surface area contributed by atoms with Crippen LogP contribution in [0.25, 0.3) is 0 Å². The molecule has 0 radical (unpaired) electrons. The van der Waals surface area contributed by atoms with Gasteiger partial charge in [-0.25, -0.2) is 0 Å². The Kier molecular flexibility index (Phi) is 7.98. The van der Waals surface area contributed by atoms with Crippen molar-refractivity contribution >= 4 is 17.5 Å². The van der Waals surface area contributed by atoms with Gasteiger partial charge in [0, 0.05) is 51.5 Å². The molecule has 0 spiro atoms. The highest BCUT2D eigenvalue weighted by atomic mass is 16.5. The van der Waals surface area contributed by atoms with E-state index in [1.165, 1.54) is 0 Å². The van der Waals surface area contributed by atoms with Gasteiger partial charge in [-0.1, -0.05) is 13.8 Å². The average Bonchev–Trinajstić information content (AvgIpc) is 2.98. The van der Waals surface area contributed by atoms with Crippen molar-refractivity contribution in [2.75, 3.05) is 39.3 Å². The molecule has 2 aliphatic rings. The molecule has 1 aromatic carbocycles. The van der Waals surface area contributed by atoms with Crippen LogP contribution in [-0.4, -0.2) is 62.9 Å². The summed E-state index contributed by atoms with van der Waals surface area (Å²) in [6.07, 6.45) is 4.09. The van der Waals surface area contributed by atoms with Gasteiger partial charge in [-0.2, -0.15) is 0 Å². The van der Waals surface area contributed by atoms with Crippen LogP contribution in [0.4, 0.5) is 5.69 Å². The zero-order valence-electron chi connectivity index (χ0n) is 21.7. The number of nitrogens with zero attached hydrogens (tertiary/aromatic N) is 1. The maximum absolute atomic E-state index is 13.3. The minimum absolute atomic E-state index is 0.0107. The number of methoxy groups -OCH3 is 1. The monoisotopic (exact) mass is 473 g/mol. The first-order valence-corrected chi connectivity index (χ1v) is 12.5. The number of carbonyl (C=O) groups is 2. The fourth-order valence-corrected chi connectivity index (χ4v) is 6.31. The van der Waals surface area contributed by atoms with Crippen LogP contribution in [0.15, 0.2) is 24.3 Å². The van der Waals surface area contributed by atoms with Crippen molar-refractivity contribution in [3.05, 3.63) is 29.8 Å². The number of benzene rings is 1. The quantitative estimate of drug-likeness (QED) is 0.479. The molecule has 7 nitrogen and oxygen atoms in total. The van der Waals surface area contributed by atoms with Gasteiger partial charge in [0.2, 0.25) is 5.91 Å². The number of fused-ring (bicyclic) bond motifs is 1. The molecule has 34 heavy (non-hydrogen) atoms. The molecule has 2 amide bonds. The largest absolute Gasteiger partial charge is 0.390 e. The van der Waals surface area contributed by atoms with Crippen molar-refractivity contribution in [3.63, 3.8) is 0 Å². The van der Waals surface area contributed by atoms with Gasteiger partial charge in [0.05, 0.1) is 12.2 Å². The van der Waals surface area contributed by atoms with Crippen LogP contribution in [0.1, 0.15) is 69.7 Å². The smallest absolute Gasteiger partial charge is 0.251 e. The number of nitrogens with one attached hydrogen (secondary N) is 2. The van der Waals surface area contributed by atoms with Crippen LogP contribution in [-0.2, 0) is 9.53 Å². The van der Waals surface area contributed by atoms with Crippen molar-refractivity contribution in [2.45, 2.75) is 70.9 Å². The van der Waals surface area contributed by atoms with Gasteiger partial charge in [-0.05, 0) is 80.0 Å². The van der Waals surface area contributed by atoms with Crippen molar-refractivity contribution in [3.8, 4) is 0 Å². The topological polar surface area (TPSA) is 90.9 Å². The zero-order chi connectivity index (χ0) is 25.1. The highest BCUT2D eigenvalue weighted by Gasteiger charge is 2.61. The van der Waals surface area contributed by atoms with E-state index in [1.807, 2.05) is 50.2 Å². The molecule has 1 aromatic rings. The second kappa shape index (κ2) is 10.2. The fraction of sp³-hybridized carbons (Fsp3) is 0.704. The predicted octanol–water partition coefficient (Wildman–Crippen LogP) is 3.36. The summed E-state index contributed by atoms with van der Waals surface area (Å²) in [5, 5.41) is 17.2. The Bertz CT molecular complexity index is 865. The summed E-state index contributed by atoms with van der Waals surface area (Å²) in [5.74, 6) is 0.154. The summed E-state index contributed by atoms with van der Waals surface area (Å²) in [6.45, 7) is 7.38. The molecule has 4 atom stereocenters. The SMILES string of the molecule is COCCNC(=O)CCC12CCC(C)(O)CC1C(C)(C)CC2NC(=O)c1ccc(N(C)C)cc1. The molecule has 3 rings (SSSR count). The summed E-state index contributed by atoms with van der Waals surface area (Å²) in [6, 6.07) is 7.59. The van der Waals surface area contributed by atoms with E-state index in [4.69, 9.17) is 4.74 Å². The van der Waals surface area contributed by atoms with Gasteiger partial charge in [0.25, 0.3) is 5.91 Å². The number of hydrogen-bond donors (Lipinski definition) is 3. The molecular weight excluding hydrogens is 430 g/mol. The normalized spacial score (nSPS) is 29.9. The fourth-order valence-electron chi connectivity index (χ4n) is 6.31. The van der Waals surface area contributed by atoms with Crippen LogP contribution in [0, 0.1) is 16.7 Å². The van der Waals surface area contributed by atoms with E-state index in [0.29, 0.717) is 44.4 Å². The van der Waals surface area contributed by atoms with Gasteiger partial charge in [0.15, 0.2) is 0 Å². The van der Waals surface area contributed by atoms with Gasteiger partial charge in [-0.3, -0.25) is 9.59 Å². The molecule has 190 valence electrons. The maximum atomic E-state index is 13.3. The first-order valence-electron chi connectivity index (χ1n) is 12.5. The third-order valence-corrected chi connectivity index (χ3v) is 8.23.